The third kappa shape index (κ3) is 4.41. The minimum absolute atomic E-state index is 0.225. The normalized spacial score (nSPS) is 10.2. The van der Waals surface area contributed by atoms with Crippen molar-refractivity contribution in [3.8, 4) is 11.3 Å². The van der Waals surface area contributed by atoms with Gasteiger partial charge in [0.2, 0.25) is 5.91 Å². The summed E-state index contributed by atoms with van der Waals surface area (Å²) < 4.78 is 4.64. The Morgan fingerprint density at radius 2 is 1.57 bits per heavy atom. The Balaban J connectivity index is 1.83. The molecule has 0 saturated heterocycles. The molecular weight excluding hydrogens is 378 g/mol. The third-order valence-electron chi connectivity index (χ3n) is 3.75. The van der Waals surface area contributed by atoms with Gasteiger partial charge in [-0.15, -0.1) is 0 Å². The Hall–Kier alpha value is -3.52. The summed E-state index contributed by atoms with van der Waals surface area (Å²) in [6.07, 6.45) is 0. The number of carbonyl (C=O) groups is 3. The zero-order valence-electron chi connectivity index (χ0n) is 15.2. The van der Waals surface area contributed by atoms with Crippen LogP contribution >= 0.6 is 11.3 Å². The van der Waals surface area contributed by atoms with Gasteiger partial charge in [-0.2, -0.15) is 0 Å². The van der Waals surface area contributed by atoms with E-state index in [4.69, 9.17) is 0 Å². The summed E-state index contributed by atoms with van der Waals surface area (Å²) in [6, 6.07) is 15.5. The van der Waals surface area contributed by atoms with Crippen molar-refractivity contribution in [3.05, 3.63) is 65.7 Å². The molecule has 0 atom stereocenters. The van der Waals surface area contributed by atoms with Gasteiger partial charge in [-0.25, -0.2) is 9.78 Å². The smallest absolute Gasteiger partial charge is 0.337 e. The van der Waals surface area contributed by atoms with Gasteiger partial charge in [0, 0.05) is 18.1 Å². The molecule has 0 saturated carbocycles. The highest BCUT2D eigenvalue weighted by Gasteiger charge is 2.17. The predicted molar refractivity (Wildman–Crippen MR) is 108 cm³/mol. The summed E-state index contributed by atoms with van der Waals surface area (Å²) in [6.45, 7) is 1.41. The van der Waals surface area contributed by atoms with Crippen molar-refractivity contribution in [3.63, 3.8) is 0 Å². The lowest BCUT2D eigenvalue weighted by Gasteiger charge is -2.03. The average Bonchev–Trinajstić information content (AvgIpc) is 3.09. The van der Waals surface area contributed by atoms with Crippen LogP contribution in [-0.2, 0) is 9.53 Å². The van der Waals surface area contributed by atoms with Gasteiger partial charge in [-0.3, -0.25) is 14.9 Å². The van der Waals surface area contributed by atoms with Crippen LogP contribution in [0, 0.1) is 0 Å². The van der Waals surface area contributed by atoms with E-state index in [0.29, 0.717) is 27.0 Å². The first-order chi connectivity index (χ1) is 13.5. The highest BCUT2D eigenvalue weighted by atomic mass is 32.1. The first-order valence-corrected chi connectivity index (χ1v) is 9.13. The largest absolute Gasteiger partial charge is 0.465 e. The molecule has 3 aromatic rings. The number of aromatic nitrogens is 1. The summed E-state index contributed by atoms with van der Waals surface area (Å²) in [7, 11) is 1.29. The SMILES string of the molecule is COC(=O)c1ccc(C(=O)Nc2nc(-c3ccccc3)c(NC(C)=O)s2)cc1. The van der Waals surface area contributed by atoms with Crippen molar-refractivity contribution in [1.29, 1.82) is 0 Å². The first kappa shape index (κ1) is 19.2. The minimum atomic E-state index is -0.473. The number of carbonyl (C=O) groups excluding carboxylic acids is 3. The van der Waals surface area contributed by atoms with E-state index in [1.165, 1.54) is 49.6 Å². The Kier molecular flexibility index (Phi) is 5.81. The van der Waals surface area contributed by atoms with Crippen LogP contribution in [0.2, 0.25) is 0 Å². The van der Waals surface area contributed by atoms with Crippen LogP contribution in [0.4, 0.5) is 10.1 Å². The summed E-state index contributed by atoms with van der Waals surface area (Å²) in [4.78, 5) is 39.9. The molecular formula is C20H17N3O4S. The van der Waals surface area contributed by atoms with Crippen LogP contribution in [-0.4, -0.2) is 29.9 Å². The van der Waals surface area contributed by atoms with Crippen molar-refractivity contribution in [2.24, 2.45) is 0 Å². The lowest BCUT2D eigenvalue weighted by atomic mass is 10.1. The standard InChI is InChI=1S/C20H17N3O4S/c1-12(24)21-18-16(13-6-4-3-5-7-13)22-20(28-18)23-17(25)14-8-10-15(11-9-14)19(26)27-2/h3-11H,1-2H3,(H,21,24)(H,22,23,25). The fourth-order valence-electron chi connectivity index (χ4n) is 2.45. The molecule has 0 spiro atoms. The molecule has 142 valence electrons. The topological polar surface area (TPSA) is 97.4 Å². The summed E-state index contributed by atoms with van der Waals surface area (Å²) >= 11 is 1.17. The van der Waals surface area contributed by atoms with Gasteiger partial charge in [0.25, 0.3) is 5.91 Å². The average molecular weight is 395 g/mol. The van der Waals surface area contributed by atoms with E-state index in [1.54, 1.807) is 0 Å². The monoisotopic (exact) mass is 395 g/mol. The van der Waals surface area contributed by atoms with E-state index in [-0.39, 0.29) is 11.8 Å². The number of benzene rings is 2. The number of anilines is 2. The molecule has 2 N–H and O–H groups in total. The van der Waals surface area contributed by atoms with Gasteiger partial charge < -0.3 is 10.1 Å². The van der Waals surface area contributed by atoms with Crippen LogP contribution in [0.15, 0.2) is 54.6 Å². The molecule has 2 aromatic carbocycles. The second-order valence-corrected chi connectivity index (χ2v) is 6.77. The molecule has 0 radical (unpaired) electrons. The summed E-state index contributed by atoms with van der Waals surface area (Å²) in [5.41, 5.74) is 2.13. The number of esters is 1. The highest BCUT2D eigenvalue weighted by molar-refractivity contribution is 7.20. The maximum absolute atomic E-state index is 12.5. The Morgan fingerprint density at radius 1 is 0.929 bits per heavy atom. The zero-order chi connectivity index (χ0) is 20.1. The molecule has 28 heavy (non-hydrogen) atoms. The first-order valence-electron chi connectivity index (χ1n) is 8.31. The Bertz CT molecular complexity index is 1010. The molecule has 0 aliphatic heterocycles. The van der Waals surface area contributed by atoms with Gasteiger partial charge in [0.15, 0.2) is 5.13 Å². The number of nitrogens with zero attached hydrogens (tertiary/aromatic N) is 1. The second-order valence-electron chi connectivity index (χ2n) is 5.77. The second kappa shape index (κ2) is 8.45. The predicted octanol–water partition coefficient (Wildman–Crippen LogP) is 3.81. The van der Waals surface area contributed by atoms with Gasteiger partial charge in [-0.05, 0) is 24.3 Å². The lowest BCUT2D eigenvalue weighted by molar-refractivity contribution is -0.114. The molecule has 0 unspecified atom stereocenters. The van der Waals surface area contributed by atoms with E-state index < -0.39 is 5.97 Å². The van der Waals surface area contributed by atoms with Crippen LogP contribution < -0.4 is 10.6 Å². The van der Waals surface area contributed by atoms with Crippen molar-refractivity contribution >= 4 is 39.3 Å². The van der Waals surface area contributed by atoms with Crippen molar-refractivity contribution in [2.75, 3.05) is 17.7 Å². The van der Waals surface area contributed by atoms with E-state index in [1.807, 2.05) is 30.3 Å². The highest BCUT2D eigenvalue weighted by Crippen LogP contribution is 2.36. The molecule has 0 fully saturated rings. The van der Waals surface area contributed by atoms with Crippen LogP contribution in [0.5, 0.6) is 0 Å². The Morgan fingerprint density at radius 3 is 2.18 bits per heavy atom. The van der Waals surface area contributed by atoms with Crippen LogP contribution in [0.1, 0.15) is 27.6 Å². The fourth-order valence-corrected chi connectivity index (χ4v) is 3.38. The van der Waals surface area contributed by atoms with Gasteiger partial charge in [-0.1, -0.05) is 41.7 Å². The van der Waals surface area contributed by atoms with E-state index in [2.05, 4.69) is 20.4 Å². The number of nitrogens with one attached hydrogen (secondary N) is 2. The minimum Gasteiger partial charge on any atom is -0.465 e. The van der Waals surface area contributed by atoms with Gasteiger partial charge >= 0.3 is 5.97 Å². The summed E-state index contributed by atoms with van der Waals surface area (Å²) in [5, 5.41) is 6.37. The van der Waals surface area contributed by atoms with Gasteiger partial charge in [0.05, 0.1) is 12.7 Å². The van der Waals surface area contributed by atoms with E-state index in [0.717, 1.165) is 5.56 Å². The van der Waals surface area contributed by atoms with Crippen LogP contribution in [0.3, 0.4) is 0 Å². The number of ether oxygens (including phenoxy) is 1. The van der Waals surface area contributed by atoms with Crippen molar-refractivity contribution < 1.29 is 19.1 Å². The van der Waals surface area contributed by atoms with Crippen molar-refractivity contribution in [2.45, 2.75) is 6.92 Å². The number of rotatable bonds is 5. The Labute approximate surface area is 165 Å². The van der Waals surface area contributed by atoms with E-state index >= 15 is 0 Å². The molecule has 8 heteroatoms. The molecule has 7 nitrogen and oxygen atoms in total. The fraction of sp³-hybridized carbons (Fsp3) is 0.100. The third-order valence-corrected chi connectivity index (χ3v) is 4.64. The lowest BCUT2D eigenvalue weighted by Crippen LogP contribution is -2.12. The molecule has 2 amide bonds. The maximum Gasteiger partial charge on any atom is 0.337 e. The van der Waals surface area contributed by atoms with Crippen LogP contribution in [0.25, 0.3) is 11.3 Å². The molecule has 0 aliphatic rings. The molecule has 1 heterocycles. The summed E-state index contributed by atoms with van der Waals surface area (Å²) in [5.74, 6) is -1.07. The molecule has 3 rings (SSSR count). The molecule has 0 bridgehead atoms. The number of methoxy groups -OCH3 is 1. The molecule has 1 aromatic heterocycles. The van der Waals surface area contributed by atoms with Crippen molar-refractivity contribution in [1.82, 2.24) is 4.98 Å². The molecule has 0 aliphatic carbocycles. The number of hydrogen-bond acceptors (Lipinski definition) is 6. The quantitative estimate of drug-likeness (QED) is 0.640. The van der Waals surface area contributed by atoms with E-state index in [9.17, 15) is 14.4 Å². The number of thiazole rings is 1. The number of amides is 2. The maximum atomic E-state index is 12.5. The van der Waals surface area contributed by atoms with Gasteiger partial charge in [0.1, 0.15) is 10.7 Å². The number of hydrogen-bond donors (Lipinski definition) is 2. The zero-order valence-corrected chi connectivity index (χ0v) is 16.0.